The Balaban J connectivity index is 2.14. The van der Waals surface area contributed by atoms with E-state index in [0.717, 1.165) is 12.1 Å². The molecule has 0 aliphatic carbocycles. The number of sulfonamides is 1. The van der Waals surface area contributed by atoms with E-state index in [1.54, 1.807) is 0 Å². The van der Waals surface area contributed by atoms with E-state index in [9.17, 15) is 27.9 Å². The fourth-order valence-corrected chi connectivity index (χ4v) is 3.20. The summed E-state index contributed by atoms with van der Waals surface area (Å²) in [5.74, 6) is -3.54. The number of hydrogen-bond acceptors (Lipinski definition) is 6. The topological polar surface area (TPSA) is 170 Å². The Morgan fingerprint density at radius 3 is 2.18 bits per heavy atom. The fraction of sp³-hybridized carbons (Fsp3) is 0.118. The van der Waals surface area contributed by atoms with E-state index in [2.05, 4.69) is 10.0 Å². The number of hydrogen-bond donors (Lipinski definition) is 5. The van der Waals surface area contributed by atoms with E-state index >= 15 is 0 Å². The number of amides is 1. The number of anilines is 1. The van der Waals surface area contributed by atoms with Gasteiger partial charge in [-0.15, -0.1) is 0 Å². The van der Waals surface area contributed by atoms with Crippen LogP contribution in [0.4, 0.5) is 5.69 Å². The molecule has 0 aliphatic heterocycles. The molecule has 0 saturated carbocycles. The number of carboxylic acids is 2. The maximum absolute atomic E-state index is 12.4. The van der Waals surface area contributed by atoms with Crippen molar-refractivity contribution in [3.05, 3.63) is 53.6 Å². The lowest BCUT2D eigenvalue weighted by molar-refractivity contribution is -0.136. The van der Waals surface area contributed by atoms with Crippen LogP contribution in [0.3, 0.4) is 0 Å². The molecule has 2 rings (SSSR count). The van der Waals surface area contributed by atoms with Crippen LogP contribution in [0.15, 0.2) is 47.4 Å². The molecule has 5 N–H and O–H groups in total. The molecule has 0 saturated heterocycles. The van der Waals surface area contributed by atoms with Crippen LogP contribution in [0.25, 0.3) is 0 Å². The molecule has 0 aromatic heterocycles. The second-order valence-corrected chi connectivity index (χ2v) is 7.25. The third-order valence-electron chi connectivity index (χ3n) is 3.53. The zero-order valence-electron chi connectivity index (χ0n) is 14.2. The number of phenols is 1. The van der Waals surface area contributed by atoms with Gasteiger partial charge in [-0.25, -0.2) is 13.2 Å². The highest BCUT2D eigenvalue weighted by Gasteiger charge is 2.17. The van der Waals surface area contributed by atoms with Gasteiger partial charge in [-0.3, -0.25) is 14.3 Å². The van der Waals surface area contributed by atoms with E-state index < -0.39 is 39.2 Å². The number of aromatic carboxylic acids is 1. The minimum absolute atomic E-state index is 0.0642. The Morgan fingerprint density at radius 1 is 0.964 bits per heavy atom. The number of benzene rings is 2. The fourth-order valence-electron chi connectivity index (χ4n) is 2.16. The Kier molecular flexibility index (Phi) is 6.21. The predicted octanol–water partition coefficient (Wildman–Crippen LogP) is 1.10. The van der Waals surface area contributed by atoms with E-state index in [1.807, 2.05) is 0 Å². The van der Waals surface area contributed by atoms with Gasteiger partial charge < -0.3 is 20.6 Å². The van der Waals surface area contributed by atoms with Crippen LogP contribution in [0.5, 0.6) is 5.75 Å². The normalized spacial score (nSPS) is 10.9. The molecule has 148 valence electrons. The summed E-state index contributed by atoms with van der Waals surface area (Å²) < 4.78 is 27.0. The first kappa shape index (κ1) is 20.7. The third kappa shape index (κ3) is 5.20. The van der Waals surface area contributed by atoms with Crippen LogP contribution in [0, 0.1) is 0 Å². The highest BCUT2D eigenvalue weighted by molar-refractivity contribution is 7.92. The molecule has 0 atom stereocenters. The lowest BCUT2D eigenvalue weighted by atomic mass is 10.2. The van der Waals surface area contributed by atoms with Crippen LogP contribution in [-0.2, 0) is 14.8 Å². The van der Waals surface area contributed by atoms with E-state index in [1.165, 1.54) is 30.3 Å². The number of aliphatic carboxylic acids is 1. The molecule has 11 heteroatoms. The van der Waals surface area contributed by atoms with Gasteiger partial charge in [-0.1, -0.05) is 0 Å². The SMILES string of the molecule is O=C(O)CCNC(=O)c1ccc(S(=O)(=O)Nc2ccc(O)c(C(=O)O)c2)cc1. The van der Waals surface area contributed by atoms with Crippen molar-refractivity contribution in [3.63, 3.8) is 0 Å². The highest BCUT2D eigenvalue weighted by Crippen LogP contribution is 2.23. The van der Waals surface area contributed by atoms with Crippen molar-refractivity contribution in [1.82, 2.24) is 5.32 Å². The summed E-state index contributed by atoms with van der Waals surface area (Å²) in [6.07, 6.45) is -0.243. The van der Waals surface area contributed by atoms with Gasteiger partial charge in [0.25, 0.3) is 15.9 Å². The summed E-state index contributed by atoms with van der Waals surface area (Å²) in [6.45, 7) is -0.0669. The smallest absolute Gasteiger partial charge is 0.339 e. The lowest BCUT2D eigenvalue weighted by Gasteiger charge is -2.10. The first-order valence-electron chi connectivity index (χ1n) is 7.79. The van der Waals surface area contributed by atoms with E-state index in [4.69, 9.17) is 10.2 Å². The van der Waals surface area contributed by atoms with Gasteiger partial charge in [0, 0.05) is 17.8 Å². The van der Waals surface area contributed by atoms with E-state index in [-0.39, 0.29) is 29.1 Å². The van der Waals surface area contributed by atoms with Crippen molar-refractivity contribution in [3.8, 4) is 5.75 Å². The summed E-state index contributed by atoms with van der Waals surface area (Å²) in [5.41, 5.74) is -0.388. The first-order valence-corrected chi connectivity index (χ1v) is 9.27. The number of carbonyl (C=O) groups is 3. The van der Waals surface area contributed by atoms with E-state index in [0.29, 0.717) is 0 Å². The Bertz CT molecular complexity index is 1020. The van der Waals surface area contributed by atoms with Gasteiger partial charge in [-0.05, 0) is 42.5 Å². The van der Waals surface area contributed by atoms with Gasteiger partial charge in [-0.2, -0.15) is 0 Å². The second-order valence-electron chi connectivity index (χ2n) is 5.57. The third-order valence-corrected chi connectivity index (χ3v) is 4.93. The second kappa shape index (κ2) is 8.39. The molecule has 10 nitrogen and oxygen atoms in total. The molecule has 2 aromatic carbocycles. The van der Waals surface area contributed by atoms with Crippen LogP contribution in [0.1, 0.15) is 27.1 Å². The molecule has 1 amide bonds. The Labute approximate surface area is 159 Å². The standard InChI is InChI=1S/C17H16N2O8S/c20-14-6-3-11(9-13(14)17(24)25)19-28(26,27)12-4-1-10(2-5-12)16(23)18-8-7-15(21)22/h1-6,9,19-20H,7-8H2,(H,18,23)(H,21,22)(H,24,25). The summed E-state index contributed by atoms with van der Waals surface area (Å²) in [6, 6.07) is 8.07. The van der Waals surface area contributed by atoms with Gasteiger partial charge >= 0.3 is 11.9 Å². The first-order chi connectivity index (χ1) is 13.1. The predicted molar refractivity (Wildman–Crippen MR) is 96.9 cm³/mol. The van der Waals surface area contributed by atoms with Gasteiger partial charge in [0.05, 0.1) is 11.3 Å². The molecule has 0 fully saturated rings. The summed E-state index contributed by atoms with van der Waals surface area (Å²) >= 11 is 0. The van der Waals surface area contributed by atoms with Crippen molar-refractivity contribution in [2.45, 2.75) is 11.3 Å². The molecule has 0 heterocycles. The van der Waals surface area contributed by atoms with Crippen molar-refractivity contribution < 1.29 is 38.1 Å². The zero-order valence-corrected chi connectivity index (χ0v) is 15.1. The number of rotatable bonds is 8. The van der Waals surface area contributed by atoms with Crippen LogP contribution in [0.2, 0.25) is 0 Å². The monoisotopic (exact) mass is 408 g/mol. The van der Waals surface area contributed by atoms with Gasteiger partial charge in [0.2, 0.25) is 0 Å². The molecule has 2 aromatic rings. The molecular formula is C17H16N2O8S. The maximum atomic E-state index is 12.4. The Morgan fingerprint density at radius 2 is 1.61 bits per heavy atom. The van der Waals surface area contributed by atoms with Crippen LogP contribution < -0.4 is 10.0 Å². The quantitative estimate of drug-likeness (QED) is 0.404. The van der Waals surface area contributed by atoms with Gasteiger partial charge in [0.1, 0.15) is 11.3 Å². The molecule has 0 radical (unpaired) electrons. The number of carboxylic acid groups (broad SMARTS) is 2. The van der Waals surface area contributed by atoms with Crippen LogP contribution >= 0.6 is 0 Å². The number of nitrogens with one attached hydrogen (secondary N) is 2. The van der Waals surface area contributed by atoms with Crippen molar-refractivity contribution in [2.75, 3.05) is 11.3 Å². The molecule has 0 spiro atoms. The largest absolute Gasteiger partial charge is 0.507 e. The zero-order chi connectivity index (χ0) is 20.9. The summed E-state index contributed by atoms with van der Waals surface area (Å²) in [5, 5.41) is 29.4. The van der Waals surface area contributed by atoms with Crippen molar-refractivity contribution >= 4 is 33.6 Å². The molecule has 0 bridgehead atoms. The highest BCUT2D eigenvalue weighted by atomic mass is 32.2. The summed E-state index contributed by atoms with van der Waals surface area (Å²) in [4.78, 5) is 33.1. The van der Waals surface area contributed by atoms with Crippen molar-refractivity contribution in [2.24, 2.45) is 0 Å². The lowest BCUT2D eigenvalue weighted by Crippen LogP contribution is -2.26. The molecular weight excluding hydrogens is 392 g/mol. The maximum Gasteiger partial charge on any atom is 0.339 e. The van der Waals surface area contributed by atoms with Crippen LogP contribution in [-0.4, -0.2) is 48.1 Å². The van der Waals surface area contributed by atoms with Gasteiger partial charge in [0.15, 0.2) is 0 Å². The average Bonchev–Trinajstić information content (AvgIpc) is 2.62. The minimum atomic E-state index is -4.07. The molecule has 0 aliphatic rings. The van der Waals surface area contributed by atoms with Crippen molar-refractivity contribution in [1.29, 1.82) is 0 Å². The average molecular weight is 408 g/mol. The molecule has 28 heavy (non-hydrogen) atoms. The Hall–Kier alpha value is -3.60. The number of carbonyl (C=O) groups excluding carboxylic acids is 1. The summed E-state index contributed by atoms with van der Waals surface area (Å²) in [7, 11) is -4.07. The molecule has 0 unspecified atom stereocenters. The number of aromatic hydroxyl groups is 1. The minimum Gasteiger partial charge on any atom is -0.507 e.